The smallest absolute Gasteiger partial charge is 0.300 e. The van der Waals surface area contributed by atoms with Gasteiger partial charge in [0.25, 0.3) is 0 Å². The zero-order valence-electron chi connectivity index (χ0n) is 11.1. The first-order valence-corrected chi connectivity index (χ1v) is 6.46. The van der Waals surface area contributed by atoms with E-state index in [9.17, 15) is 4.79 Å². The summed E-state index contributed by atoms with van der Waals surface area (Å²) in [7, 11) is 0. The molecule has 0 aromatic carbocycles. The summed E-state index contributed by atoms with van der Waals surface area (Å²) in [5.41, 5.74) is 2.92. The average Bonchev–Trinajstić information content (AvgIpc) is 2.81. The molecule has 1 aromatic heterocycles. The number of amides is 1. The quantitative estimate of drug-likeness (QED) is 0.475. The van der Waals surface area contributed by atoms with E-state index in [1.165, 1.54) is 0 Å². The Balaban J connectivity index is 1.82. The van der Waals surface area contributed by atoms with Crippen LogP contribution in [0.5, 0.6) is 0 Å². The van der Waals surface area contributed by atoms with Gasteiger partial charge in [-0.15, -0.1) is 0 Å². The third-order valence-corrected chi connectivity index (χ3v) is 3.33. The summed E-state index contributed by atoms with van der Waals surface area (Å²) in [4.78, 5) is 11.3. The molecule has 1 amide bonds. The molecule has 0 aliphatic carbocycles. The lowest BCUT2D eigenvalue weighted by atomic mass is 10.0. The highest BCUT2D eigenvalue weighted by molar-refractivity contribution is 5.91. The van der Waals surface area contributed by atoms with Gasteiger partial charge in [0.1, 0.15) is 5.76 Å². The van der Waals surface area contributed by atoms with Crippen LogP contribution in [0.3, 0.4) is 0 Å². The maximum Gasteiger partial charge on any atom is 0.300 e. The van der Waals surface area contributed by atoms with Crippen LogP contribution in [0.1, 0.15) is 34.7 Å². The molecule has 1 fully saturated rings. The Morgan fingerprint density at radius 1 is 1.53 bits per heavy atom. The number of nitrogens with one attached hydrogen (secondary N) is 1. The summed E-state index contributed by atoms with van der Waals surface area (Å²) in [5.74, 6) is 6.09. The lowest BCUT2D eigenvalue weighted by molar-refractivity contribution is 0.0155. The minimum Gasteiger partial charge on any atom is -0.456 e. The maximum absolute atomic E-state index is 11.3. The second-order valence-corrected chi connectivity index (χ2v) is 4.74. The van der Waals surface area contributed by atoms with Crippen LogP contribution in [0.25, 0.3) is 0 Å². The Kier molecular flexibility index (Phi) is 4.95. The lowest BCUT2D eigenvalue weighted by Crippen LogP contribution is -2.29. The van der Waals surface area contributed by atoms with Gasteiger partial charge in [-0.25, -0.2) is 5.84 Å². The van der Waals surface area contributed by atoms with E-state index < -0.39 is 5.91 Å². The van der Waals surface area contributed by atoms with Crippen LogP contribution in [0.15, 0.2) is 10.5 Å². The molecule has 1 saturated heterocycles. The minimum atomic E-state index is -0.432. The Bertz CT molecular complexity index is 424. The number of carbonyl (C=O) groups excluding carboxylic acids is 1. The molecule has 1 aliphatic rings. The monoisotopic (exact) mass is 268 g/mol. The molecule has 6 heteroatoms. The molecule has 2 rings (SSSR count). The summed E-state index contributed by atoms with van der Waals surface area (Å²) >= 11 is 0. The van der Waals surface area contributed by atoms with Crippen LogP contribution in [0, 0.1) is 12.8 Å². The number of hydrogen-bond donors (Lipinski definition) is 2. The van der Waals surface area contributed by atoms with E-state index in [0.29, 0.717) is 24.9 Å². The Morgan fingerprint density at radius 3 is 2.95 bits per heavy atom. The van der Waals surface area contributed by atoms with E-state index in [4.69, 9.17) is 19.7 Å². The molecular formula is C13H20N2O4. The first-order chi connectivity index (χ1) is 9.20. The van der Waals surface area contributed by atoms with Gasteiger partial charge in [-0.3, -0.25) is 10.2 Å². The number of nitrogens with two attached hydrogens (primary N) is 1. The first-order valence-electron chi connectivity index (χ1n) is 6.46. The number of nitrogen functional groups attached to an aromatic ring is 1. The van der Waals surface area contributed by atoms with E-state index in [-0.39, 0.29) is 5.76 Å². The summed E-state index contributed by atoms with van der Waals surface area (Å²) in [5, 5.41) is 0. The van der Waals surface area contributed by atoms with Crippen LogP contribution in [-0.2, 0) is 16.1 Å². The molecule has 0 radical (unpaired) electrons. The molecule has 6 nitrogen and oxygen atoms in total. The van der Waals surface area contributed by atoms with E-state index in [1.54, 1.807) is 13.0 Å². The Morgan fingerprint density at radius 2 is 2.26 bits per heavy atom. The Labute approximate surface area is 112 Å². The zero-order valence-corrected chi connectivity index (χ0v) is 11.1. The molecule has 1 aliphatic heterocycles. The van der Waals surface area contributed by atoms with Gasteiger partial charge in [0.05, 0.1) is 13.2 Å². The van der Waals surface area contributed by atoms with Gasteiger partial charge in [-0.2, -0.15) is 0 Å². The van der Waals surface area contributed by atoms with Crippen LogP contribution in [-0.4, -0.2) is 25.7 Å². The van der Waals surface area contributed by atoms with E-state index in [2.05, 4.69) is 0 Å². The summed E-state index contributed by atoms with van der Waals surface area (Å²) in [6, 6.07) is 1.67. The highest BCUT2D eigenvalue weighted by Crippen LogP contribution is 2.18. The topological polar surface area (TPSA) is 86.7 Å². The van der Waals surface area contributed by atoms with Crippen molar-refractivity contribution in [2.75, 3.05) is 19.8 Å². The fraction of sp³-hybridized carbons (Fsp3) is 0.615. The highest BCUT2D eigenvalue weighted by Gasteiger charge is 2.16. The SMILES string of the molecule is Cc1oc(C(=O)NN)cc1COCC1CCOCC1. The molecule has 0 saturated carbocycles. The van der Waals surface area contributed by atoms with Gasteiger partial charge < -0.3 is 13.9 Å². The standard InChI is InChI=1S/C13H20N2O4/c1-9-11(6-12(19-9)13(16)15-14)8-18-7-10-2-4-17-5-3-10/h6,10H,2-5,7-8,14H2,1H3,(H,15,16). The number of ether oxygens (including phenoxy) is 2. The molecule has 0 bridgehead atoms. The number of furan rings is 1. The van der Waals surface area contributed by atoms with Crippen LogP contribution in [0.4, 0.5) is 0 Å². The maximum atomic E-state index is 11.3. The van der Waals surface area contributed by atoms with Crippen molar-refractivity contribution < 1.29 is 18.7 Å². The normalized spacial score (nSPS) is 16.5. The number of carbonyl (C=O) groups is 1. The van der Waals surface area contributed by atoms with Crippen LogP contribution in [0.2, 0.25) is 0 Å². The minimum absolute atomic E-state index is 0.213. The highest BCUT2D eigenvalue weighted by atomic mass is 16.5. The van der Waals surface area contributed by atoms with Gasteiger partial charge in [-0.05, 0) is 31.7 Å². The van der Waals surface area contributed by atoms with Gasteiger partial charge in [0.2, 0.25) is 0 Å². The third-order valence-electron chi connectivity index (χ3n) is 3.33. The molecule has 0 atom stereocenters. The number of aryl methyl sites for hydroxylation is 1. The second kappa shape index (κ2) is 6.70. The van der Waals surface area contributed by atoms with Gasteiger partial charge in [-0.1, -0.05) is 0 Å². The van der Waals surface area contributed by atoms with E-state index in [1.807, 2.05) is 5.43 Å². The van der Waals surface area contributed by atoms with Crippen molar-refractivity contribution in [3.63, 3.8) is 0 Å². The summed E-state index contributed by atoms with van der Waals surface area (Å²) in [6.07, 6.45) is 2.09. The van der Waals surface area contributed by atoms with Crippen molar-refractivity contribution in [2.45, 2.75) is 26.4 Å². The van der Waals surface area contributed by atoms with Crippen molar-refractivity contribution in [3.05, 3.63) is 23.2 Å². The van der Waals surface area contributed by atoms with Crippen LogP contribution < -0.4 is 11.3 Å². The molecule has 1 aromatic rings. The number of hydrazine groups is 1. The predicted molar refractivity (Wildman–Crippen MR) is 68.3 cm³/mol. The lowest BCUT2D eigenvalue weighted by Gasteiger charge is -2.21. The van der Waals surface area contributed by atoms with Crippen molar-refractivity contribution in [1.29, 1.82) is 0 Å². The summed E-state index contributed by atoms with van der Waals surface area (Å²) in [6.45, 7) is 4.61. The van der Waals surface area contributed by atoms with Crippen LogP contribution >= 0.6 is 0 Å². The second-order valence-electron chi connectivity index (χ2n) is 4.74. The molecule has 0 unspecified atom stereocenters. The van der Waals surface area contributed by atoms with Crippen molar-refractivity contribution >= 4 is 5.91 Å². The van der Waals surface area contributed by atoms with E-state index >= 15 is 0 Å². The fourth-order valence-electron chi connectivity index (χ4n) is 2.09. The molecule has 19 heavy (non-hydrogen) atoms. The van der Waals surface area contributed by atoms with Gasteiger partial charge in [0, 0.05) is 18.8 Å². The first kappa shape index (κ1) is 14.0. The average molecular weight is 268 g/mol. The van der Waals surface area contributed by atoms with E-state index in [0.717, 1.165) is 31.6 Å². The van der Waals surface area contributed by atoms with Crippen molar-refractivity contribution in [3.8, 4) is 0 Å². The van der Waals surface area contributed by atoms with Crippen molar-refractivity contribution in [2.24, 2.45) is 11.8 Å². The van der Waals surface area contributed by atoms with Gasteiger partial charge in [0.15, 0.2) is 5.76 Å². The third kappa shape index (κ3) is 3.79. The van der Waals surface area contributed by atoms with Crippen molar-refractivity contribution in [1.82, 2.24) is 5.43 Å². The molecule has 0 spiro atoms. The molecular weight excluding hydrogens is 248 g/mol. The molecule has 3 N–H and O–H groups in total. The summed E-state index contributed by atoms with van der Waals surface area (Å²) < 4.78 is 16.3. The number of rotatable bonds is 5. The van der Waals surface area contributed by atoms with Gasteiger partial charge >= 0.3 is 5.91 Å². The zero-order chi connectivity index (χ0) is 13.7. The molecule has 2 heterocycles. The molecule has 106 valence electrons. The largest absolute Gasteiger partial charge is 0.456 e. The number of hydrogen-bond acceptors (Lipinski definition) is 5. The Hall–Kier alpha value is -1.37. The predicted octanol–water partition coefficient (Wildman–Crippen LogP) is 1.13. The fourth-order valence-corrected chi connectivity index (χ4v) is 2.09.